The van der Waals surface area contributed by atoms with E-state index in [1.807, 2.05) is 30.3 Å². The summed E-state index contributed by atoms with van der Waals surface area (Å²) in [5.74, 6) is 2.21. The first-order valence-electron chi connectivity index (χ1n) is 8.46. The molecule has 3 N–H and O–H groups in total. The van der Waals surface area contributed by atoms with Crippen LogP contribution in [0.5, 0.6) is 5.75 Å². The van der Waals surface area contributed by atoms with Gasteiger partial charge in [0.2, 0.25) is 0 Å². The van der Waals surface area contributed by atoms with Gasteiger partial charge in [-0.05, 0) is 30.5 Å². The molecule has 2 atom stereocenters. The summed E-state index contributed by atoms with van der Waals surface area (Å²) in [5.41, 5.74) is 0.808. The van der Waals surface area contributed by atoms with E-state index >= 15 is 0 Å². The molecular weight excluding hydrogens is 320 g/mol. The fourth-order valence-corrected chi connectivity index (χ4v) is 3.07. The van der Waals surface area contributed by atoms with Crippen LogP contribution in [0.3, 0.4) is 0 Å². The number of ether oxygens (including phenoxy) is 1. The van der Waals surface area contributed by atoms with Gasteiger partial charge in [0.05, 0.1) is 25.9 Å². The molecule has 0 saturated carbocycles. The van der Waals surface area contributed by atoms with Gasteiger partial charge < -0.3 is 25.2 Å². The summed E-state index contributed by atoms with van der Waals surface area (Å²) in [5, 5.41) is 22.9. The SMILES string of the molecule is COc1ccc([C@@H](O)CNc2cc(N3CCC[C@H]3CO)ncn2)cc1. The monoisotopic (exact) mass is 344 g/mol. The highest BCUT2D eigenvalue weighted by molar-refractivity contribution is 5.50. The first-order valence-corrected chi connectivity index (χ1v) is 8.46. The second-order valence-electron chi connectivity index (χ2n) is 6.10. The highest BCUT2D eigenvalue weighted by Gasteiger charge is 2.25. The molecule has 134 valence electrons. The number of methoxy groups -OCH3 is 1. The van der Waals surface area contributed by atoms with Crippen LogP contribution >= 0.6 is 0 Å². The Kier molecular flexibility index (Phi) is 5.67. The van der Waals surface area contributed by atoms with E-state index in [9.17, 15) is 10.2 Å². The van der Waals surface area contributed by atoms with Gasteiger partial charge in [0.25, 0.3) is 0 Å². The number of aromatic nitrogens is 2. The highest BCUT2D eigenvalue weighted by atomic mass is 16.5. The van der Waals surface area contributed by atoms with Crippen LogP contribution in [-0.4, -0.2) is 53.0 Å². The van der Waals surface area contributed by atoms with E-state index in [0.717, 1.165) is 36.5 Å². The zero-order valence-corrected chi connectivity index (χ0v) is 14.3. The summed E-state index contributed by atoms with van der Waals surface area (Å²) < 4.78 is 5.12. The number of nitrogens with zero attached hydrogens (tertiary/aromatic N) is 3. The third-order valence-electron chi connectivity index (χ3n) is 4.51. The van der Waals surface area contributed by atoms with Crippen LogP contribution in [0.2, 0.25) is 0 Å². The third-order valence-corrected chi connectivity index (χ3v) is 4.51. The maximum atomic E-state index is 10.3. The Morgan fingerprint density at radius 3 is 2.84 bits per heavy atom. The molecule has 1 aliphatic heterocycles. The molecule has 0 amide bonds. The van der Waals surface area contributed by atoms with Gasteiger partial charge in [0, 0.05) is 19.2 Å². The number of nitrogens with one attached hydrogen (secondary N) is 1. The van der Waals surface area contributed by atoms with Crippen LogP contribution in [0.4, 0.5) is 11.6 Å². The number of anilines is 2. The Hall–Kier alpha value is -2.38. The topological polar surface area (TPSA) is 90.7 Å². The van der Waals surface area contributed by atoms with Crippen LogP contribution < -0.4 is 15.0 Å². The lowest BCUT2D eigenvalue weighted by Gasteiger charge is -2.24. The van der Waals surface area contributed by atoms with Gasteiger partial charge >= 0.3 is 0 Å². The van der Waals surface area contributed by atoms with E-state index < -0.39 is 6.10 Å². The first kappa shape index (κ1) is 17.4. The number of hydrogen-bond acceptors (Lipinski definition) is 7. The smallest absolute Gasteiger partial charge is 0.134 e. The second-order valence-corrected chi connectivity index (χ2v) is 6.10. The molecule has 1 fully saturated rings. The zero-order valence-electron chi connectivity index (χ0n) is 14.3. The maximum absolute atomic E-state index is 10.3. The minimum atomic E-state index is -0.652. The average Bonchev–Trinajstić information content (AvgIpc) is 3.15. The van der Waals surface area contributed by atoms with Crippen LogP contribution in [0.15, 0.2) is 36.7 Å². The Morgan fingerprint density at radius 2 is 2.12 bits per heavy atom. The van der Waals surface area contributed by atoms with E-state index in [1.165, 1.54) is 6.33 Å². The third kappa shape index (κ3) is 4.18. The molecule has 2 aromatic rings. The van der Waals surface area contributed by atoms with Crippen molar-refractivity contribution in [3.8, 4) is 5.75 Å². The van der Waals surface area contributed by atoms with Crippen LogP contribution in [-0.2, 0) is 0 Å². The Morgan fingerprint density at radius 1 is 1.32 bits per heavy atom. The lowest BCUT2D eigenvalue weighted by Crippen LogP contribution is -2.32. The predicted octanol–water partition coefficient (Wildman–Crippen LogP) is 1.59. The molecule has 25 heavy (non-hydrogen) atoms. The van der Waals surface area contributed by atoms with Gasteiger partial charge in [-0.25, -0.2) is 9.97 Å². The van der Waals surface area contributed by atoms with Crippen molar-refractivity contribution >= 4 is 11.6 Å². The Balaban J connectivity index is 1.62. The lowest BCUT2D eigenvalue weighted by molar-refractivity contribution is 0.191. The number of rotatable bonds is 7. The summed E-state index contributed by atoms with van der Waals surface area (Å²) >= 11 is 0. The van der Waals surface area contributed by atoms with Crippen LogP contribution in [0, 0.1) is 0 Å². The molecule has 0 bridgehead atoms. The molecule has 1 saturated heterocycles. The number of aliphatic hydroxyl groups excluding tert-OH is 2. The van der Waals surface area contributed by atoms with Crippen molar-refractivity contribution in [3.63, 3.8) is 0 Å². The summed E-state index contributed by atoms with van der Waals surface area (Å²) in [6.45, 7) is 1.35. The fourth-order valence-electron chi connectivity index (χ4n) is 3.07. The molecule has 1 aromatic carbocycles. The number of aliphatic hydroxyl groups is 2. The van der Waals surface area contributed by atoms with Crippen molar-refractivity contribution in [1.82, 2.24) is 9.97 Å². The van der Waals surface area contributed by atoms with E-state index in [0.29, 0.717) is 12.4 Å². The summed E-state index contributed by atoms with van der Waals surface area (Å²) in [4.78, 5) is 10.6. The van der Waals surface area contributed by atoms with E-state index in [2.05, 4.69) is 20.2 Å². The first-order chi connectivity index (χ1) is 12.2. The van der Waals surface area contributed by atoms with Gasteiger partial charge in [-0.2, -0.15) is 0 Å². The van der Waals surface area contributed by atoms with Crippen molar-refractivity contribution in [2.24, 2.45) is 0 Å². The molecule has 3 rings (SSSR count). The van der Waals surface area contributed by atoms with Crippen molar-refractivity contribution in [2.75, 3.05) is 37.0 Å². The van der Waals surface area contributed by atoms with E-state index in [-0.39, 0.29) is 12.6 Å². The molecule has 0 spiro atoms. The van der Waals surface area contributed by atoms with Gasteiger partial charge in [-0.3, -0.25) is 0 Å². The normalized spacial score (nSPS) is 18.2. The molecule has 0 unspecified atom stereocenters. The molecule has 0 radical (unpaired) electrons. The van der Waals surface area contributed by atoms with Gasteiger partial charge in [0.15, 0.2) is 0 Å². The highest BCUT2D eigenvalue weighted by Crippen LogP contribution is 2.25. The molecule has 1 aliphatic rings. The fraction of sp³-hybridized carbons (Fsp3) is 0.444. The molecule has 7 heteroatoms. The molecular formula is C18H24N4O3. The molecule has 2 heterocycles. The minimum Gasteiger partial charge on any atom is -0.497 e. The van der Waals surface area contributed by atoms with Crippen molar-refractivity contribution in [2.45, 2.75) is 25.0 Å². The van der Waals surface area contributed by atoms with Gasteiger partial charge in [-0.15, -0.1) is 0 Å². The van der Waals surface area contributed by atoms with Gasteiger partial charge in [-0.1, -0.05) is 12.1 Å². The molecule has 1 aromatic heterocycles. The quantitative estimate of drug-likeness (QED) is 0.703. The average molecular weight is 344 g/mol. The lowest BCUT2D eigenvalue weighted by atomic mass is 10.1. The van der Waals surface area contributed by atoms with E-state index in [4.69, 9.17) is 4.74 Å². The van der Waals surface area contributed by atoms with Crippen molar-refractivity contribution in [3.05, 3.63) is 42.2 Å². The molecule has 7 nitrogen and oxygen atoms in total. The number of hydrogen-bond donors (Lipinski definition) is 3. The number of benzene rings is 1. The minimum absolute atomic E-state index is 0.118. The van der Waals surface area contributed by atoms with Crippen molar-refractivity contribution in [1.29, 1.82) is 0 Å². The summed E-state index contributed by atoms with van der Waals surface area (Å²) in [6, 6.07) is 9.30. The van der Waals surface area contributed by atoms with Gasteiger partial charge in [0.1, 0.15) is 23.7 Å². The summed E-state index contributed by atoms with van der Waals surface area (Å²) in [7, 11) is 1.61. The second kappa shape index (κ2) is 8.13. The van der Waals surface area contributed by atoms with Crippen LogP contribution in [0.1, 0.15) is 24.5 Å². The predicted molar refractivity (Wildman–Crippen MR) is 95.9 cm³/mol. The molecule has 0 aliphatic carbocycles. The maximum Gasteiger partial charge on any atom is 0.134 e. The largest absolute Gasteiger partial charge is 0.497 e. The van der Waals surface area contributed by atoms with E-state index in [1.54, 1.807) is 7.11 Å². The standard InChI is InChI=1S/C18H24N4O3/c1-25-15-6-4-13(5-7-15)16(24)10-19-17-9-18(21-12-20-17)22-8-2-3-14(22)11-23/h4-7,9,12,14,16,23-24H,2-3,8,10-11H2,1H3,(H,19,20,21)/t14-,16-/m0/s1. The van der Waals surface area contributed by atoms with Crippen LogP contribution in [0.25, 0.3) is 0 Å². The Bertz CT molecular complexity index is 680. The zero-order chi connectivity index (χ0) is 17.6. The Labute approximate surface area is 147 Å². The summed E-state index contributed by atoms with van der Waals surface area (Å²) in [6.07, 6.45) is 2.87. The van der Waals surface area contributed by atoms with Crippen molar-refractivity contribution < 1.29 is 14.9 Å².